The second kappa shape index (κ2) is 8.32. The largest absolute Gasteiger partial charge is 0.478 e. The predicted molar refractivity (Wildman–Crippen MR) is 103 cm³/mol. The zero-order valence-electron chi connectivity index (χ0n) is 15.4. The number of carboxylic acid groups (broad SMARTS) is 1. The minimum absolute atomic E-state index is 0.129. The molecule has 0 bridgehead atoms. The molecule has 0 aromatic heterocycles. The molecule has 27 heavy (non-hydrogen) atoms. The Labute approximate surface area is 158 Å². The van der Waals surface area contributed by atoms with Gasteiger partial charge in [0.05, 0.1) is 10.5 Å². The molecule has 2 aromatic rings. The Kier molecular flexibility index (Phi) is 6.35. The lowest BCUT2D eigenvalue weighted by atomic mass is 10.1. The van der Waals surface area contributed by atoms with E-state index in [9.17, 15) is 18.0 Å². The van der Waals surface area contributed by atoms with Crippen LogP contribution in [0.1, 0.15) is 40.1 Å². The maximum atomic E-state index is 12.5. The fourth-order valence-corrected chi connectivity index (χ4v) is 4.13. The number of anilines is 1. The van der Waals surface area contributed by atoms with E-state index in [0.29, 0.717) is 29.9 Å². The zero-order valence-corrected chi connectivity index (χ0v) is 16.2. The summed E-state index contributed by atoms with van der Waals surface area (Å²) in [5.41, 5.74) is 1.45. The van der Waals surface area contributed by atoms with Gasteiger partial charge in [-0.2, -0.15) is 4.31 Å². The number of carbonyl (C=O) groups is 2. The standard InChI is InChI=1S/C19H22N2O5S/c1-4-21(5-2)27(25,26)16-9-6-14(7-10-16)18(22)20-15-8-11-17(19(23)24)13(3)12-15/h6-12H,4-5H2,1-3H3,(H,20,22)(H,23,24). The van der Waals surface area contributed by atoms with Gasteiger partial charge in [0.15, 0.2) is 0 Å². The Bertz CT molecular complexity index is 949. The highest BCUT2D eigenvalue weighted by Crippen LogP contribution is 2.19. The van der Waals surface area contributed by atoms with Gasteiger partial charge in [-0.1, -0.05) is 13.8 Å². The summed E-state index contributed by atoms with van der Waals surface area (Å²) in [5, 5.41) is 11.7. The fourth-order valence-electron chi connectivity index (χ4n) is 2.68. The van der Waals surface area contributed by atoms with Crippen LogP contribution in [0.4, 0.5) is 5.69 Å². The maximum absolute atomic E-state index is 12.5. The SMILES string of the molecule is CCN(CC)S(=O)(=O)c1ccc(C(=O)Nc2ccc(C(=O)O)c(C)c2)cc1. The molecule has 0 aliphatic rings. The highest BCUT2D eigenvalue weighted by Gasteiger charge is 2.21. The summed E-state index contributed by atoms with van der Waals surface area (Å²) in [4.78, 5) is 23.5. The summed E-state index contributed by atoms with van der Waals surface area (Å²) in [6.07, 6.45) is 0. The first-order valence-electron chi connectivity index (χ1n) is 8.46. The molecule has 0 unspecified atom stereocenters. The van der Waals surface area contributed by atoms with Crippen LogP contribution in [0, 0.1) is 6.92 Å². The van der Waals surface area contributed by atoms with Crippen LogP contribution in [0.3, 0.4) is 0 Å². The number of nitrogens with zero attached hydrogens (tertiary/aromatic N) is 1. The summed E-state index contributed by atoms with van der Waals surface area (Å²) in [6.45, 7) is 5.91. The first-order valence-corrected chi connectivity index (χ1v) is 9.90. The molecular formula is C19H22N2O5S. The van der Waals surface area contributed by atoms with Crippen molar-refractivity contribution in [2.45, 2.75) is 25.7 Å². The van der Waals surface area contributed by atoms with Gasteiger partial charge in [0.2, 0.25) is 10.0 Å². The number of hydrogen-bond acceptors (Lipinski definition) is 4. The van der Waals surface area contributed by atoms with Crippen molar-refractivity contribution in [3.8, 4) is 0 Å². The quantitative estimate of drug-likeness (QED) is 0.756. The van der Waals surface area contributed by atoms with E-state index in [1.807, 2.05) is 0 Å². The van der Waals surface area contributed by atoms with Crippen LogP contribution in [0.25, 0.3) is 0 Å². The molecule has 0 aliphatic carbocycles. The number of carboxylic acids is 1. The summed E-state index contributed by atoms with van der Waals surface area (Å²) >= 11 is 0. The van der Waals surface area contributed by atoms with E-state index in [4.69, 9.17) is 5.11 Å². The van der Waals surface area contributed by atoms with Gasteiger partial charge < -0.3 is 10.4 Å². The molecule has 2 N–H and O–H groups in total. The molecule has 0 heterocycles. The van der Waals surface area contributed by atoms with E-state index >= 15 is 0 Å². The van der Waals surface area contributed by atoms with Crippen molar-refractivity contribution >= 4 is 27.6 Å². The zero-order chi connectivity index (χ0) is 20.2. The summed E-state index contributed by atoms with van der Waals surface area (Å²) in [7, 11) is -3.58. The molecule has 0 spiro atoms. The van der Waals surface area contributed by atoms with Crippen LogP contribution in [0.2, 0.25) is 0 Å². The molecule has 1 amide bonds. The first-order chi connectivity index (χ1) is 12.7. The molecule has 144 valence electrons. The molecule has 7 nitrogen and oxygen atoms in total. The van der Waals surface area contributed by atoms with Crippen LogP contribution in [0.15, 0.2) is 47.4 Å². The molecule has 8 heteroatoms. The van der Waals surface area contributed by atoms with Crippen molar-refractivity contribution < 1.29 is 23.1 Å². The molecule has 0 aliphatic heterocycles. The van der Waals surface area contributed by atoms with Gasteiger partial charge in [0.1, 0.15) is 0 Å². The lowest BCUT2D eigenvalue weighted by Gasteiger charge is -2.18. The van der Waals surface area contributed by atoms with Crippen LogP contribution >= 0.6 is 0 Å². The summed E-state index contributed by atoms with van der Waals surface area (Å²) in [6, 6.07) is 10.2. The highest BCUT2D eigenvalue weighted by atomic mass is 32.2. The normalized spacial score (nSPS) is 11.4. The van der Waals surface area contributed by atoms with Crippen molar-refractivity contribution in [1.82, 2.24) is 4.31 Å². The van der Waals surface area contributed by atoms with Crippen molar-refractivity contribution in [2.24, 2.45) is 0 Å². The second-order valence-corrected chi connectivity index (χ2v) is 7.84. The predicted octanol–water partition coefficient (Wildman–Crippen LogP) is 2.98. The molecule has 0 saturated carbocycles. The molecule has 0 radical (unpaired) electrons. The number of aryl methyl sites for hydroxylation is 1. The Morgan fingerprint density at radius 1 is 1.04 bits per heavy atom. The Morgan fingerprint density at radius 2 is 1.63 bits per heavy atom. The third kappa shape index (κ3) is 4.53. The van der Waals surface area contributed by atoms with Crippen LogP contribution in [-0.4, -0.2) is 42.8 Å². The minimum Gasteiger partial charge on any atom is -0.478 e. The number of benzene rings is 2. The third-order valence-corrected chi connectivity index (χ3v) is 6.24. The summed E-state index contributed by atoms with van der Waals surface area (Å²) < 4.78 is 26.3. The van der Waals surface area contributed by atoms with Crippen LogP contribution in [0.5, 0.6) is 0 Å². The molecule has 0 saturated heterocycles. The molecule has 0 atom stereocenters. The highest BCUT2D eigenvalue weighted by molar-refractivity contribution is 7.89. The average Bonchev–Trinajstić information content (AvgIpc) is 2.62. The van der Waals surface area contributed by atoms with Gasteiger partial charge in [-0.05, 0) is 55.0 Å². The van der Waals surface area contributed by atoms with Crippen LogP contribution < -0.4 is 5.32 Å². The van der Waals surface area contributed by atoms with Gasteiger partial charge in [-0.3, -0.25) is 4.79 Å². The van der Waals surface area contributed by atoms with Crippen molar-refractivity contribution in [3.63, 3.8) is 0 Å². The van der Waals surface area contributed by atoms with Crippen molar-refractivity contribution in [3.05, 3.63) is 59.2 Å². The number of carbonyl (C=O) groups excluding carboxylic acids is 1. The van der Waals surface area contributed by atoms with Gasteiger partial charge in [0, 0.05) is 24.3 Å². The number of aromatic carboxylic acids is 1. The van der Waals surface area contributed by atoms with Crippen molar-refractivity contribution in [1.29, 1.82) is 0 Å². The van der Waals surface area contributed by atoms with Gasteiger partial charge in [-0.15, -0.1) is 0 Å². The summed E-state index contributed by atoms with van der Waals surface area (Å²) in [5.74, 6) is -1.44. The number of nitrogens with one attached hydrogen (secondary N) is 1. The minimum atomic E-state index is -3.58. The second-order valence-electron chi connectivity index (χ2n) is 5.90. The molecular weight excluding hydrogens is 368 g/mol. The number of amides is 1. The van der Waals surface area contributed by atoms with Crippen LogP contribution in [-0.2, 0) is 10.0 Å². The van der Waals surface area contributed by atoms with E-state index in [0.717, 1.165) is 0 Å². The van der Waals surface area contributed by atoms with E-state index < -0.39 is 21.9 Å². The fraction of sp³-hybridized carbons (Fsp3) is 0.263. The number of rotatable bonds is 7. The van der Waals surface area contributed by atoms with E-state index in [-0.39, 0.29) is 10.5 Å². The first kappa shape index (κ1) is 20.6. The lowest BCUT2D eigenvalue weighted by Crippen LogP contribution is -2.30. The number of hydrogen-bond donors (Lipinski definition) is 2. The van der Waals surface area contributed by atoms with Crippen molar-refractivity contribution in [2.75, 3.05) is 18.4 Å². The smallest absolute Gasteiger partial charge is 0.335 e. The molecule has 2 aromatic carbocycles. The molecule has 2 rings (SSSR count). The topological polar surface area (TPSA) is 104 Å². The van der Waals surface area contributed by atoms with Gasteiger partial charge in [-0.25, -0.2) is 13.2 Å². The Balaban J connectivity index is 2.19. The Hall–Kier alpha value is -2.71. The third-order valence-electron chi connectivity index (χ3n) is 4.17. The monoisotopic (exact) mass is 390 g/mol. The van der Waals surface area contributed by atoms with E-state index in [1.165, 1.54) is 40.7 Å². The van der Waals surface area contributed by atoms with Gasteiger partial charge >= 0.3 is 5.97 Å². The maximum Gasteiger partial charge on any atom is 0.335 e. The average molecular weight is 390 g/mol. The molecule has 0 fully saturated rings. The Morgan fingerprint density at radius 3 is 2.11 bits per heavy atom. The van der Waals surface area contributed by atoms with Gasteiger partial charge in [0.25, 0.3) is 5.91 Å². The van der Waals surface area contributed by atoms with E-state index in [2.05, 4.69) is 5.32 Å². The van der Waals surface area contributed by atoms with E-state index in [1.54, 1.807) is 26.8 Å². The number of sulfonamides is 1. The lowest BCUT2D eigenvalue weighted by molar-refractivity contribution is 0.0696.